The van der Waals surface area contributed by atoms with Crippen LogP contribution >= 0.6 is 0 Å². The molecule has 1 N–H and O–H groups in total. The van der Waals surface area contributed by atoms with Crippen LogP contribution in [0.25, 0.3) is 0 Å². The second-order valence-corrected chi connectivity index (χ2v) is 4.81. The molecule has 1 unspecified atom stereocenters. The zero-order chi connectivity index (χ0) is 15.2. The average molecular weight is 284 g/mol. The summed E-state index contributed by atoms with van der Waals surface area (Å²) in [4.78, 5) is 0. The topological polar surface area (TPSA) is 45.0 Å². The van der Waals surface area contributed by atoms with E-state index >= 15 is 0 Å². The van der Waals surface area contributed by atoms with Gasteiger partial charge in [-0.1, -0.05) is 18.2 Å². The summed E-state index contributed by atoms with van der Waals surface area (Å²) in [6, 6.07) is 14.4. The van der Waals surface area contributed by atoms with Gasteiger partial charge in [0, 0.05) is 12.6 Å². The van der Waals surface area contributed by atoms with E-state index in [2.05, 4.69) is 11.4 Å². The Bertz CT molecular complexity index is 647. The Balaban J connectivity index is 2.00. The summed E-state index contributed by atoms with van der Waals surface area (Å²) in [6.45, 7) is 2.68. The normalized spacial score (nSPS) is 11.7. The van der Waals surface area contributed by atoms with Crippen LogP contribution in [-0.4, -0.2) is 7.11 Å². The number of benzene rings is 2. The predicted octanol–water partition coefficient (Wildman–Crippen LogP) is 3.56. The van der Waals surface area contributed by atoms with Crippen molar-refractivity contribution in [1.29, 1.82) is 5.26 Å². The molecule has 21 heavy (non-hydrogen) atoms. The first kappa shape index (κ1) is 15.0. The maximum Gasteiger partial charge on any atom is 0.165 e. The molecular weight excluding hydrogens is 267 g/mol. The fourth-order valence-electron chi connectivity index (χ4n) is 2.03. The smallest absolute Gasteiger partial charge is 0.165 e. The highest BCUT2D eigenvalue weighted by Gasteiger charge is 2.09. The summed E-state index contributed by atoms with van der Waals surface area (Å²) < 4.78 is 18.4. The van der Waals surface area contributed by atoms with Crippen molar-refractivity contribution < 1.29 is 9.13 Å². The van der Waals surface area contributed by atoms with Crippen LogP contribution in [0.15, 0.2) is 42.5 Å². The average Bonchev–Trinajstić information content (AvgIpc) is 2.53. The highest BCUT2D eigenvalue weighted by Crippen LogP contribution is 2.22. The second-order valence-electron chi connectivity index (χ2n) is 4.81. The molecule has 0 amide bonds. The van der Waals surface area contributed by atoms with E-state index in [0.29, 0.717) is 12.1 Å². The van der Waals surface area contributed by atoms with Gasteiger partial charge in [-0.05, 0) is 42.3 Å². The van der Waals surface area contributed by atoms with E-state index in [0.717, 1.165) is 11.1 Å². The third-order valence-corrected chi connectivity index (χ3v) is 3.37. The van der Waals surface area contributed by atoms with Gasteiger partial charge in [0.2, 0.25) is 0 Å². The molecule has 0 aliphatic carbocycles. The van der Waals surface area contributed by atoms with Crippen molar-refractivity contribution >= 4 is 0 Å². The molecule has 0 saturated heterocycles. The summed E-state index contributed by atoms with van der Waals surface area (Å²) in [7, 11) is 1.46. The molecule has 0 aliphatic heterocycles. The van der Waals surface area contributed by atoms with E-state index in [-0.39, 0.29) is 17.6 Å². The molecule has 0 spiro atoms. The fraction of sp³-hybridized carbons (Fsp3) is 0.235. The number of rotatable bonds is 5. The lowest BCUT2D eigenvalue weighted by molar-refractivity contribution is 0.385. The van der Waals surface area contributed by atoms with Crippen molar-refractivity contribution in [3.05, 3.63) is 65.0 Å². The molecule has 0 aliphatic rings. The van der Waals surface area contributed by atoms with E-state index in [1.165, 1.54) is 13.2 Å². The molecule has 108 valence electrons. The van der Waals surface area contributed by atoms with Crippen LogP contribution in [0.1, 0.15) is 29.7 Å². The first-order valence-corrected chi connectivity index (χ1v) is 6.70. The Morgan fingerprint density at radius 2 is 1.95 bits per heavy atom. The number of nitriles is 1. The van der Waals surface area contributed by atoms with Gasteiger partial charge in [0.1, 0.15) is 0 Å². The first-order valence-electron chi connectivity index (χ1n) is 6.70. The molecule has 2 rings (SSSR count). The standard InChI is InChI=1S/C17H17FN2O/c1-12(15-7-8-16(18)17(9-15)21-2)20-11-14-5-3-13(10-19)4-6-14/h3-9,12,20H,11H2,1-2H3. The molecule has 3 nitrogen and oxygen atoms in total. The predicted molar refractivity (Wildman–Crippen MR) is 79.4 cm³/mol. The number of methoxy groups -OCH3 is 1. The van der Waals surface area contributed by atoms with E-state index < -0.39 is 0 Å². The second kappa shape index (κ2) is 6.87. The zero-order valence-electron chi connectivity index (χ0n) is 12.1. The van der Waals surface area contributed by atoms with Gasteiger partial charge in [0.25, 0.3) is 0 Å². The third kappa shape index (κ3) is 3.80. The number of nitrogens with one attached hydrogen (secondary N) is 1. The van der Waals surface area contributed by atoms with Gasteiger partial charge >= 0.3 is 0 Å². The van der Waals surface area contributed by atoms with E-state index in [1.807, 2.05) is 19.1 Å². The molecule has 2 aromatic rings. The Labute approximate surface area is 124 Å². The molecule has 4 heteroatoms. The lowest BCUT2D eigenvalue weighted by Crippen LogP contribution is -2.18. The number of ether oxygens (including phenoxy) is 1. The Hall–Kier alpha value is -2.38. The third-order valence-electron chi connectivity index (χ3n) is 3.37. The maximum atomic E-state index is 13.4. The van der Waals surface area contributed by atoms with Crippen LogP contribution in [0.4, 0.5) is 4.39 Å². The Kier molecular flexibility index (Phi) is 4.91. The Morgan fingerprint density at radius 1 is 1.24 bits per heavy atom. The fourth-order valence-corrected chi connectivity index (χ4v) is 2.03. The highest BCUT2D eigenvalue weighted by molar-refractivity contribution is 5.33. The summed E-state index contributed by atoms with van der Waals surface area (Å²) in [5.74, 6) is -0.111. The lowest BCUT2D eigenvalue weighted by atomic mass is 10.1. The quantitative estimate of drug-likeness (QED) is 0.913. The largest absolute Gasteiger partial charge is 0.494 e. The molecule has 0 saturated carbocycles. The van der Waals surface area contributed by atoms with Gasteiger partial charge < -0.3 is 10.1 Å². The van der Waals surface area contributed by atoms with Crippen molar-refractivity contribution in [2.24, 2.45) is 0 Å². The van der Waals surface area contributed by atoms with Gasteiger partial charge in [-0.25, -0.2) is 4.39 Å². The number of nitrogens with zero attached hydrogens (tertiary/aromatic N) is 1. The van der Waals surface area contributed by atoms with Gasteiger partial charge in [0.05, 0.1) is 18.7 Å². The summed E-state index contributed by atoms with van der Waals surface area (Å²) in [5, 5.41) is 12.1. The molecule has 0 aromatic heterocycles. The van der Waals surface area contributed by atoms with Crippen LogP contribution in [0, 0.1) is 17.1 Å². The van der Waals surface area contributed by atoms with Crippen molar-refractivity contribution in [2.75, 3.05) is 7.11 Å². The molecule has 0 radical (unpaired) electrons. The number of hydrogen-bond acceptors (Lipinski definition) is 3. The van der Waals surface area contributed by atoms with Crippen molar-refractivity contribution in [2.45, 2.75) is 19.5 Å². The molecular formula is C17H17FN2O. The summed E-state index contributed by atoms with van der Waals surface area (Å²) in [6.07, 6.45) is 0. The first-order chi connectivity index (χ1) is 10.1. The van der Waals surface area contributed by atoms with Crippen LogP contribution in [0.2, 0.25) is 0 Å². The molecule has 0 bridgehead atoms. The van der Waals surface area contributed by atoms with Crippen LogP contribution in [-0.2, 0) is 6.54 Å². The van der Waals surface area contributed by atoms with Crippen molar-refractivity contribution in [1.82, 2.24) is 5.32 Å². The SMILES string of the molecule is COc1cc(C(C)NCc2ccc(C#N)cc2)ccc1F. The molecule has 2 aromatic carbocycles. The highest BCUT2D eigenvalue weighted by atomic mass is 19.1. The van der Waals surface area contributed by atoms with Crippen molar-refractivity contribution in [3.8, 4) is 11.8 Å². The van der Waals surface area contributed by atoms with Crippen LogP contribution in [0.5, 0.6) is 5.75 Å². The van der Waals surface area contributed by atoms with E-state index in [4.69, 9.17) is 10.00 Å². The maximum absolute atomic E-state index is 13.4. The van der Waals surface area contributed by atoms with E-state index in [9.17, 15) is 4.39 Å². The zero-order valence-corrected chi connectivity index (χ0v) is 12.1. The molecule has 0 heterocycles. The number of hydrogen-bond donors (Lipinski definition) is 1. The number of halogens is 1. The minimum atomic E-state index is -0.361. The van der Waals surface area contributed by atoms with Gasteiger partial charge in [-0.2, -0.15) is 5.26 Å². The van der Waals surface area contributed by atoms with E-state index in [1.54, 1.807) is 24.3 Å². The molecule has 1 atom stereocenters. The van der Waals surface area contributed by atoms with Crippen LogP contribution < -0.4 is 10.1 Å². The monoisotopic (exact) mass is 284 g/mol. The van der Waals surface area contributed by atoms with Crippen molar-refractivity contribution in [3.63, 3.8) is 0 Å². The Morgan fingerprint density at radius 3 is 2.57 bits per heavy atom. The summed E-state index contributed by atoms with van der Waals surface area (Å²) >= 11 is 0. The minimum absolute atomic E-state index is 0.0649. The van der Waals surface area contributed by atoms with Gasteiger partial charge in [-0.15, -0.1) is 0 Å². The minimum Gasteiger partial charge on any atom is -0.494 e. The van der Waals surface area contributed by atoms with Gasteiger partial charge in [0.15, 0.2) is 11.6 Å². The lowest BCUT2D eigenvalue weighted by Gasteiger charge is -2.15. The molecule has 0 fully saturated rings. The van der Waals surface area contributed by atoms with Crippen LogP contribution in [0.3, 0.4) is 0 Å². The summed E-state index contributed by atoms with van der Waals surface area (Å²) in [5.41, 5.74) is 2.70. The van der Waals surface area contributed by atoms with Gasteiger partial charge in [-0.3, -0.25) is 0 Å².